The summed E-state index contributed by atoms with van der Waals surface area (Å²) in [5, 5.41) is 21.3. The number of hydrogen-bond donors (Lipinski definition) is 3. The molecular weight excluding hydrogens is 248 g/mol. The van der Waals surface area contributed by atoms with Crippen molar-refractivity contribution < 1.29 is 19.8 Å². The van der Waals surface area contributed by atoms with E-state index in [1.165, 1.54) is 6.92 Å². The lowest BCUT2D eigenvalue weighted by Crippen LogP contribution is -2.55. The third-order valence-electron chi connectivity index (χ3n) is 3.80. The van der Waals surface area contributed by atoms with Gasteiger partial charge in [0.2, 0.25) is 0 Å². The minimum Gasteiger partial charge on any atom is -0.480 e. The molecule has 19 heavy (non-hydrogen) atoms. The van der Waals surface area contributed by atoms with Crippen LogP contribution in [0.2, 0.25) is 0 Å². The lowest BCUT2D eigenvalue weighted by Gasteiger charge is -2.29. The smallest absolute Gasteiger partial charge is 0.329 e. The number of carboxylic acids is 1. The summed E-state index contributed by atoms with van der Waals surface area (Å²) in [5.74, 6) is -0.943. The van der Waals surface area contributed by atoms with E-state index < -0.39 is 17.6 Å². The van der Waals surface area contributed by atoms with Crippen molar-refractivity contribution in [1.82, 2.24) is 10.2 Å². The number of carbonyl (C=O) groups excluding carboxylic acids is 1. The van der Waals surface area contributed by atoms with Gasteiger partial charge in [-0.05, 0) is 26.7 Å². The zero-order valence-corrected chi connectivity index (χ0v) is 11.8. The van der Waals surface area contributed by atoms with Crippen molar-refractivity contribution in [1.29, 1.82) is 0 Å². The van der Waals surface area contributed by atoms with Gasteiger partial charge in [0.05, 0.1) is 6.10 Å². The summed E-state index contributed by atoms with van der Waals surface area (Å²) < 4.78 is 0. The average Bonchev–Trinajstić information content (AvgIpc) is 2.78. The van der Waals surface area contributed by atoms with Gasteiger partial charge in [-0.15, -0.1) is 0 Å². The lowest BCUT2D eigenvalue weighted by molar-refractivity contribution is -0.144. The fourth-order valence-electron chi connectivity index (χ4n) is 2.40. The maximum Gasteiger partial charge on any atom is 0.329 e. The van der Waals surface area contributed by atoms with Gasteiger partial charge in [0.15, 0.2) is 0 Å². The van der Waals surface area contributed by atoms with E-state index in [1.54, 1.807) is 11.8 Å². The van der Waals surface area contributed by atoms with Crippen LogP contribution in [0.3, 0.4) is 0 Å². The summed E-state index contributed by atoms with van der Waals surface area (Å²) in [6.45, 7) is 6.16. The fraction of sp³-hybridized carbons (Fsp3) is 0.846. The lowest BCUT2D eigenvalue weighted by atomic mass is 9.96. The Balaban J connectivity index is 2.61. The van der Waals surface area contributed by atoms with Gasteiger partial charge in [-0.1, -0.05) is 13.3 Å². The molecule has 3 unspecified atom stereocenters. The Hall–Kier alpha value is -1.30. The molecule has 1 fully saturated rings. The van der Waals surface area contributed by atoms with E-state index in [4.69, 9.17) is 0 Å². The van der Waals surface area contributed by atoms with Gasteiger partial charge >= 0.3 is 12.0 Å². The summed E-state index contributed by atoms with van der Waals surface area (Å²) in [6.07, 6.45) is 1.38. The Morgan fingerprint density at radius 2 is 2.16 bits per heavy atom. The number of nitrogens with one attached hydrogen (secondary N) is 1. The predicted octanol–water partition coefficient (Wildman–Crippen LogP) is 1.04. The number of aliphatic carboxylic acids is 1. The number of aliphatic hydroxyl groups is 1. The van der Waals surface area contributed by atoms with Crippen molar-refractivity contribution in [3.63, 3.8) is 0 Å². The van der Waals surface area contributed by atoms with E-state index in [1.807, 2.05) is 6.92 Å². The molecule has 0 aliphatic carbocycles. The molecule has 3 atom stereocenters. The highest BCUT2D eigenvalue weighted by Crippen LogP contribution is 2.21. The molecule has 0 aromatic heterocycles. The molecule has 0 radical (unpaired) electrons. The standard InChI is InChI=1S/C13H24N2O4/c1-4-6-13(3,11(17)18)14-12(19)15-7-5-10(8-15)9(2)16/h9-10,16H,4-8H2,1-3H3,(H,14,19)(H,17,18). The number of carboxylic acid groups (broad SMARTS) is 1. The quantitative estimate of drug-likeness (QED) is 0.697. The molecule has 0 aromatic carbocycles. The Bertz CT molecular complexity index is 346. The van der Waals surface area contributed by atoms with Crippen LogP contribution < -0.4 is 5.32 Å². The largest absolute Gasteiger partial charge is 0.480 e. The van der Waals surface area contributed by atoms with Crippen LogP contribution in [0.1, 0.15) is 40.0 Å². The first-order chi connectivity index (χ1) is 8.80. The van der Waals surface area contributed by atoms with Gasteiger partial charge in [-0.3, -0.25) is 0 Å². The second-order valence-corrected chi connectivity index (χ2v) is 5.55. The monoisotopic (exact) mass is 272 g/mol. The topological polar surface area (TPSA) is 89.9 Å². The van der Waals surface area contributed by atoms with Gasteiger partial charge in [0.25, 0.3) is 0 Å². The molecule has 1 heterocycles. The number of nitrogens with zero attached hydrogens (tertiary/aromatic N) is 1. The molecular formula is C13H24N2O4. The van der Waals surface area contributed by atoms with E-state index in [0.29, 0.717) is 25.9 Å². The molecule has 0 bridgehead atoms. The normalized spacial score (nSPS) is 23.8. The summed E-state index contributed by atoms with van der Waals surface area (Å²) in [5.41, 5.74) is -1.23. The number of aliphatic hydroxyl groups excluding tert-OH is 1. The van der Waals surface area contributed by atoms with Crippen LogP contribution >= 0.6 is 0 Å². The van der Waals surface area contributed by atoms with E-state index >= 15 is 0 Å². The van der Waals surface area contributed by atoms with E-state index in [2.05, 4.69) is 5.32 Å². The zero-order chi connectivity index (χ0) is 14.6. The van der Waals surface area contributed by atoms with Gasteiger partial charge in [-0.25, -0.2) is 9.59 Å². The first-order valence-corrected chi connectivity index (χ1v) is 6.78. The highest BCUT2D eigenvalue weighted by Gasteiger charge is 2.37. The Morgan fingerprint density at radius 1 is 1.53 bits per heavy atom. The van der Waals surface area contributed by atoms with Gasteiger partial charge in [0, 0.05) is 19.0 Å². The Morgan fingerprint density at radius 3 is 2.58 bits per heavy atom. The first kappa shape index (κ1) is 15.8. The van der Waals surface area contributed by atoms with Crippen LogP contribution in [0, 0.1) is 5.92 Å². The third kappa shape index (κ3) is 3.83. The molecule has 2 amide bonds. The number of likely N-dealkylation sites (tertiary alicyclic amines) is 1. The van der Waals surface area contributed by atoms with Gasteiger partial charge < -0.3 is 20.4 Å². The average molecular weight is 272 g/mol. The van der Waals surface area contributed by atoms with Crippen molar-refractivity contribution in [2.24, 2.45) is 5.92 Å². The number of hydrogen-bond acceptors (Lipinski definition) is 3. The Labute approximate surface area is 113 Å². The summed E-state index contributed by atoms with van der Waals surface area (Å²) in [7, 11) is 0. The van der Waals surface area contributed by atoms with Crippen LogP contribution in [0.4, 0.5) is 4.79 Å². The second kappa shape index (κ2) is 6.23. The molecule has 1 saturated heterocycles. The number of urea groups is 1. The Kier molecular flexibility index (Phi) is 5.17. The SMILES string of the molecule is CCCC(C)(NC(=O)N1CCC(C(C)O)C1)C(=O)O. The molecule has 110 valence electrons. The summed E-state index contributed by atoms with van der Waals surface area (Å²) in [4.78, 5) is 24.9. The molecule has 6 heteroatoms. The van der Waals surface area contributed by atoms with Gasteiger partial charge in [0.1, 0.15) is 5.54 Å². The molecule has 1 rings (SSSR count). The molecule has 0 aromatic rings. The van der Waals surface area contributed by atoms with E-state index in [0.717, 1.165) is 6.42 Å². The van der Waals surface area contributed by atoms with E-state index in [-0.39, 0.29) is 11.9 Å². The van der Waals surface area contributed by atoms with Crippen LogP contribution in [-0.4, -0.2) is 51.8 Å². The highest BCUT2D eigenvalue weighted by molar-refractivity contribution is 5.86. The maximum atomic E-state index is 12.1. The van der Waals surface area contributed by atoms with Crippen LogP contribution in [0.25, 0.3) is 0 Å². The minimum absolute atomic E-state index is 0.0769. The van der Waals surface area contributed by atoms with E-state index in [9.17, 15) is 19.8 Å². The van der Waals surface area contributed by atoms with Crippen molar-refractivity contribution in [2.45, 2.75) is 51.7 Å². The maximum absolute atomic E-state index is 12.1. The summed E-state index contributed by atoms with van der Waals surface area (Å²) in [6, 6.07) is -0.360. The number of amides is 2. The third-order valence-corrected chi connectivity index (χ3v) is 3.80. The molecule has 0 saturated carbocycles. The van der Waals surface area contributed by atoms with Gasteiger partial charge in [-0.2, -0.15) is 0 Å². The van der Waals surface area contributed by atoms with Crippen molar-refractivity contribution >= 4 is 12.0 Å². The van der Waals surface area contributed by atoms with Crippen LogP contribution in [-0.2, 0) is 4.79 Å². The molecule has 0 spiro atoms. The zero-order valence-electron chi connectivity index (χ0n) is 11.8. The second-order valence-electron chi connectivity index (χ2n) is 5.55. The first-order valence-electron chi connectivity index (χ1n) is 6.78. The molecule has 1 aliphatic heterocycles. The van der Waals surface area contributed by atoms with Crippen molar-refractivity contribution in [2.75, 3.05) is 13.1 Å². The van der Waals surface area contributed by atoms with Crippen molar-refractivity contribution in [3.8, 4) is 0 Å². The highest BCUT2D eigenvalue weighted by atomic mass is 16.4. The van der Waals surface area contributed by atoms with Crippen LogP contribution in [0.15, 0.2) is 0 Å². The minimum atomic E-state index is -1.23. The molecule has 1 aliphatic rings. The predicted molar refractivity (Wildman–Crippen MR) is 70.8 cm³/mol. The molecule has 3 N–H and O–H groups in total. The number of carbonyl (C=O) groups is 2. The fourth-order valence-corrected chi connectivity index (χ4v) is 2.40. The number of rotatable bonds is 5. The summed E-state index contributed by atoms with van der Waals surface area (Å²) >= 11 is 0. The van der Waals surface area contributed by atoms with Crippen LogP contribution in [0.5, 0.6) is 0 Å². The molecule has 6 nitrogen and oxygen atoms in total. The van der Waals surface area contributed by atoms with Crippen molar-refractivity contribution in [3.05, 3.63) is 0 Å².